The Morgan fingerprint density at radius 3 is 2.56 bits per heavy atom. The number of hydrogen-bond donors (Lipinski definition) is 3. The summed E-state index contributed by atoms with van der Waals surface area (Å²) in [6.45, 7) is 5.76. The number of nitrogens with zero attached hydrogens (tertiary/aromatic N) is 1. The number of ether oxygens (including phenoxy) is 1. The lowest BCUT2D eigenvalue weighted by molar-refractivity contribution is -0.116. The molecule has 2 aromatic carbocycles. The van der Waals surface area contributed by atoms with E-state index >= 15 is 0 Å². The molecule has 172 valence electrons. The summed E-state index contributed by atoms with van der Waals surface area (Å²) in [4.78, 5) is 17.1. The van der Waals surface area contributed by atoms with Crippen LogP contribution in [0, 0.1) is 0 Å². The van der Waals surface area contributed by atoms with E-state index in [2.05, 4.69) is 59.3 Å². The predicted molar refractivity (Wildman–Crippen MR) is 140 cm³/mol. The van der Waals surface area contributed by atoms with Crippen molar-refractivity contribution >= 4 is 41.5 Å². The maximum absolute atomic E-state index is 12.1. The molecule has 1 saturated heterocycles. The van der Waals surface area contributed by atoms with Crippen LogP contribution in [0.2, 0.25) is 0 Å². The topological polar surface area (TPSA) is 74.8 Å². The lowest BCUT2D eigenvalue weighted by Gasteiger charge is -2.36. The molecule has 2 aliphatic heterocycles. The number of guanidine groups is 1. The highest BCUT2D eigenvalue weighted by atomic mass is 127. The van der Waals surface area contributed by atoms with E-state index < -0.39 is 0 Å². The molecule has 2 heterocycles. The van der Waals surface area contributed by atoms with E-state index in [0.717, 1.165) is 44.2 Å². The summed E-state index contributed by atoms with van der Waals surface area (Å²) in [5.41, 5.74) is 3.42. The Morgan fingerprint density at radius 2 is 1.81 bits per heavy atom. The van der Waals surface area contributed by atoms with Gasteiger partial charge in [-0.05, 0) is 37.0 Å². The molecule has 2 aliphatic rings. The molecule has 32 heavy (non-hydrogen) atoms. The summed E-state index contributed by atoms with van der Waals surface area (Å²) in [5, 5.41) is 9.83. The first-order valence-electron chi connectivity index (χ1n) is 11.2. The van der Waals surface area contributed by atoms with Gasteiger partial charge < -0.3 is 20.7 Å². The number of halogens is 1. The highest BCUT2D eigenvalue weighted by Gasteiger charge is 2.34. The van der Waals surface area contributed by atoms with E-state index in [9.17, 15) is 4.79 Å². The molecule has 0 aromatic heterocycles. The third kappa shape index (κ3) is 5.81. The largest absolute Gasteiger partial charge is 0.381 e. The van der Waals surface area contributed by atoms with E-state index in [1.54, 1.807) is 0 Å². The average molecular weight is 548 g/mol. The zero-order valence-electron chi connectivity index (χ0n) is 18.6. The standard InChI is InChI=1S/C25H32N4O2.HI/c1-2-26-24(27-17-19-16-23(30)29-22-11-7-6-10-21(19)22)28-18-25(12-14-31-15-13-25)20-8-4-3-5-9-20;/h3-11,19H,2,12-18H2,1H3,(H,29,30)(H2,26,27,28);1H. The Balaban J connectivity index is 0.00000289. The molecule has 0 saturated carbocycles. The minimum absolute atomic E-state index is 0. The number of hydrogen-bond acceptors (Lipinski definition) is 3. The zero-order chi connectivity index (χ0) is 21.5. The molecule has 3 N–H and O–H groups in total. The molecule has 1 fully saturated rings. The quantitative estimate of drug-likeness (QED) is 0.290. The number of anilines is 1. The number of carbonyl (C=O) groups is 1. The van der Waals surface area contributed by atoms with Gasteiger partial charge in [0.25, 0.3) is 0 Å². The average Bonchev–Trinajstić information content (AvgIpc) is 2.82. The molecule has 7 heteroatoms. The van der Waals surface area contributed by atoms with Gasteiger partial charge in [-0.15, -0.1) is 24.0 Å². The third-order valence-electron chi connectivity index (χ3n) is 6.34. The van der Waals surface area contributed by atoms with Gasteiger partial charge in [-0.1, -0.05) is 48.5 Å². The first-order valence-corrected chi connectivity index (χ1v) is 11.2. The van der Waals surface area contributed by atoms with Gasteiger partial charge in [-0.2, -0.15) is 0 Å². The van der Waals surface area contributed by atoms with Crippen LogP contribution in [-0.2, 0) is 14.9 Å². The summed E-state index contributed by atoms with van der Waals surface area (Å²) in [6.07, 6.45) is 2.42. The van der Waals surface area contributed by atoms with Crippen LogP contribution in [-0.4, -0.2) is 44.7 Å². The van der Waals surface area contributed by atoms with Crippen molar-refractivity contribution in [3.05, 3.63) is 65.7 Å². The van der Waals surface area contributed by atoms with E-state index in [4.69, 9.17) is 9.73 Å². The van der Waals surface area contributed by atoms with Gasteiger partial charge >= 0.3 is 0 Å². The number of carbonyl (C=O) groups excluding carboxylic acids is 1. The van der Waals surface area contributed by atoms with Gasteiger partial charge in [0, 0.05) is 49.7 Å². The summed E-state index contributed by atoms with van der Waals surface area (Å²) in [7, 11) is 0. The number of fused-ring (bicyclic) bond motifs is 1. The van der Waals surface area contributed by atoms with Crippen LogP contribution in [0.3, 0.4) is 0 Å². The molecular formula is C25H33IN4O2. The molecule has 1 atom stereocenters. The number of aliphatic imine (C=N–C) groups is 1. The Morgan fingerprint density at radius 1 is 1.09 bits per heavy atom. The van der Waals surface area contributed by atoms with Crippen LogP contribution in [0.15, 0.2) is 59.6 Å². The molecule has 0 spiro atoms. The van der Waals surface area contributed by atoms with Crippen molar-refractivity contribution in [3.8, 4) is 0 Å². The SMILES string of the molecule is CCNC(=NCC1(c2ccccc2)CCOCC1)NCC1CC(=O)Nc2ccccc21.I. The van der Waals surface area contributed by atoms with Crippen LogP contribution >= 0.6 is 24.0 Å². The molecule has 0 aliphatic carbocycles. The van der Waals surface area contributed by atoms with Gasteiger partial charge in [-0.25, -0.2) is 0 Å². The second-order valence-corrected chi connectivity index (χ2v) is 8.37. The number of rotatable bonds is 6. The number of benzene rings is 2. The number of nitrogens with one attached hydrogen (secondary N) is 3. The van der Waals surface area contributed by atoms with Crippen molar-refractivity contribution in [3.63, 3.8) is 0 Å². The monoisotopic (exact) mass is 548 g/mol. The molecule has 4 rings (SSSR count). The first kappa shape index (κ1) is 24.5. The second kappa shape index (κ2) is 11.7. The van der Waals surface area contributed by atoms with E-state index in [0.29, 0.717) is 19.5 Å². The summed E-state index contributed by atoms with van der Waals surface area (Å²) >= 11 is 0. The second-order valence-electron chi connectivity index (χ2n) is 8.37. The molecular weight excluding hydrogens is 515 g/mol. The van der Waals surface area contributed by atoms with Gasteiger partial charge in [0.2, 0.25) is 5.91 Å². The van der Waals surface area contributed by atoms with Crippen LogP contribution in [0.25, 0.3) is 0 Å². The summed E-state index contributed by atoms with van der Waals surface area (Å²) in [5.74, 6) is 0.991. The minimum atomic E-state index is -0.000808. The molecule has 2 aromatic rings. The van der Waals surface area contributed by atoms with E-state index in [1.165, 1.54) is 11.1 Å². The smallest absolute Gasteiger partial charge is 0.225 e. The van der Waals surface area contributed by atoms with Gasteiger partial charge in [-0.3, -0.25) is 9.79 Å². The molecule has 1 amide bonds. The van der Waals surface area contributed by atoms with Gasteiger partial charge in [0.15, 0.2) is 5.96 Å². The Labute approximate surface area is 207 Å². The minimum Gasteiger partial charge on any atom is -0.381 e. The molecule has 6 nitrogen and oxygen atoms in total. The van der Waals surface area contributed by atoms with Crippen molar-refractivity contribution in [2.24, 2.45) is 4.99 Å². The van der Waals surface area contributed by atoms with Crippen LogP contribution in [0.4, 0.5) is 5.69 Å². The zero-order valence-corrected chi connectivity index (χ0v) is 20.9. The van der Waals surface area contributed by atoms with Crippen molar-refractivity contribution < 1.29 is 9.53 Å². The normalized spacial score (nSPS) is 19.8. The number of para-hydroxylation sites is 1. The lowest BCUT2D eigenvalue weighted by Crippen LogP contribution is -2.43. The van der Waals surface area contributed by atoms with Crippen molar-refractivity contribution in [1.82, 2.24) is 10.6 Å². The van der Waals surface area contributed by atoms with Crippen molar-refractivity contribution in [2.75, 3.05) is 38.2 Å². The highest BCUT2D eigenvalue weighted by molar-refractivity contribution is 14.0. The van der Waals surface area contributed by atoms with E-state index in [-0.39, 0.29) is 41.2 Å². The Hall–Kier alpha value is -2.13. The number of amides is 1. The van der Waals surface area contributed by atoms with Crippen molar-refractivity contribution in [2.45, 2.75) is 37.5 Å². The Kier molecular flexibility index (Phi) is 8.92. The van der Waals surface area contributed by atoms with Gasteiger partial charge in [0.1, 0.15) is 0 Å². The Bertz CT molecular complexity index is 913. The highest BCUT2D eigenvalue weighted by Crippen LogP contribution is 2.35. The summed E-state index contributed by atoms with van der Waals surface area (Å²) < 4.78 is 5.65. The maximum atomic E-state index is 12.1. The fourth-order valence-corrected chi connectivity index (χ4v) is 4.57. The predicted octanol–water partition coefficient (Wildman–Crippen LogP) is 4.03. The molecule has 1 unspecified atom stereocenters. The maximum Gasteiger partial charge on any atom is 0.225 e. The molecule has 0 radical (unpaired) electrons. The van der Waals surface area contributed by atoms with Crippen molar-refractivity contribution in [1.29, 1.82) is 0 Å². The molecule has 0 bridgehead atoms. The fraction of sp³-hybridized carbons (Fsp3) is 0.440. The van der Waals surface area contributed by atoms with Crippen LogP contribution < -0.4 is 16.0 Å². The third-order valence-corrected chi connectivity index (χ3v) is 6.34. The lowest BCUT2D eigenvalue weighted by atomic mass is 9.74. The van der Waals surface area contributed by atoms with Crippen LogP contribution in [0.5, 0.6) is 0 Å². The van der Waals surface area contributed by atoms with Crippen LogP contribution in [0.1, 0.15) is 43.2 Å². The van der Waals surface area contributed by atoms with E-state index in [1.807, 2.05) is 18.2 Å². The first-order chi connectivity index (χ1) is 15.2. The fourth-order valence-electron chi connectivity index (χ4n) is 4.57. The van der Waals surface area contributed by atoms with Gasteiger partial charge in [0.05, 0.1) is 6.54 Å². The summed E-state index contributed by atoms with van der Waals surface area (Å²) in [6, 6.07) is 18.7.